The monoisotopic (exact) mass is 521 g/mol. The maximum atomic E-state index is 13.4. The molecule has 0 aliphatic heterocycles. The first-order valence-electron chi connectivity index (χ1n) is 13.3. The molecule has 1 heterocycles. The van der Waals surface area contributed by atoms with Gasteiger partial charge in [-0.25, -0.2) is 4.98 Å². The van der Waals surface area contributed by atoms with Crippen LogP contribution in [0.4, 0.5) is 5.69 Å². The Morgan fingerprint density at radius 2 is 1.76 bits per heavy atom. The summed E-state index contributed by atoms with van der Waals surface area (Å²) in [7, 11) is 4.34. The number of imidazole rings is 1. The molecule has 0 atom stereocenters. The van der Waals surface area contributed by atoms with Crippen molar-refractivity contribution in [2.24, 2.45) is 0 Å². The van der Waals surface area contributed by atoms with Gasteiger partial charge in [-0.3, -0.25) is 4.79 Å². The molecule has 1 amide bonds. The van der Waals surface area contributed by atoms with Crippen LogP contribution in [-0.4, -0.2) is 53.1 Å². The maximum absolute atomic E-state index is 13.4. The molecule has 198 valence electrons. The lowest BCUT2D eigenvalue weighted by Gasteiger charge is -2.40. The van der Waals surface area contributed by atoms with Crippen molar-refractivity contribution < 1.29 is 4.79 Å². The van der Waals surface area contributed by atoms with Crippen LogP contribution in [0.5, 0.6) is 0 Å². The molecule has 1 aliphatic carbocycles. The first-order valence-corrected chi connectivity index (χ1v) is 13.7. The van der Waals surface area contributed by atoms with Crippen LogP contribution in [0, 0.1) is 13.8 Å². The summed E-state index contributed by atoms with van der Waals surface area (Å²) >= 11 is 6.58. The number of rotatable bonds is 9. The highest BCUT2D eigenvalue weighted by Crippen LogP contribution is 2.34. The van der Waals surface area contributed by atoms with E-state index < -0.39 is 0 Å². The summed E-state index contributed by atoms with van der Waals surface area (Å²) in [6.45, 7) is 8.16. The average Bonchev–Trinajstić information content (AvgIpc) is 3.24. The van der Waals surface area contributed by atoms with Gasteiger partial charge in [0.05, 0.1) is 12.2 Å². The van der Waals surface area contributed by atoms with E-state index in [0.29, 0.717) is 29.2 Å². The number of aromatic nitrogens is 2. The number of hydrogen-bond acceptors (Lipinski definition) is 4. The van der Waals surface area contributed by atoms with Crippen molar-refractivity contribution in [3.63, 3.8) is 0 Å². The molecule has 1 aromatic heterocycles. The SMILES string of the molecule is CCN(c1cc(Cl)cc(C(=O)NCc2nc(C)cn2Cc2ccccc2)c1C)[C@H]1CC[C@H](N(C)C)CC1. The number of benzene rings is 2. The Balaban J connectivity index is 1.49. The molecule has 1 fully saturated rings. The molecule has 2 aromatic carbocycles. The van der Waals surface area contributed by atoms with E-state index in [0.717, 1.165) is 48.7 Å². The van der Waals surface area contributed by atoms with Crippen molar-refractivity contribution in [2.75, 3.05) is 25.5 Å². The second-order valence-electron chi connectivity index (χ2n) is 10.4. The summed E-state index contributed by atoms with van der Waals surface area (Å²) in [5, 5.41) is 3.69. The predicted octanol–water partition coefficient (Wildman–Crippen LogP) is 5.83. The summed E-state index contributed by atoms with van der Waals surface area (Å²) in [4.78, 5) is 22.8. The van der Waals surface area contributed by atoms with Crippen molar-refractivity contribution in [3.05, 3.63) is 81.9 Å². The van der Waals surface area contributed by atoms with Crippen LogP contribution in [0.25, 0.3) is 0 Å². The molecule has 0 radical (unpaired) electrons. The van der Waals surface area contributed by atoms with Gasteiger partial charge in [0.1, 0.15) is 5.82 Å². The molecule has 37 heavy (non-hydrogen) atoms. The van der Waals surface area contributed by atoms with Gasteiger partial charge < -0.3 is 19.7 Å². The van der Waals surface area contributed by atoms with E-state index in [1.807, 2.05) is 44.3 Å². The summed E-state index contributed by atoms with van der Waals surface area (Å²) < 4.78 is 2.10. The number of anilines is 1. The lowest BCUT2D eigenvalue weighted by molar-refractivity contribution is 0.0949. The van der Waals surface area contributed by atoms with Gasteiger partial charge in [-0.05, 0) is 83.8 Å². The highest BCUT2D eigenvalue weighted by Gasteiger charge is 2.28. The van der Waals surface area contributed by atoms with Gasteiger partial charge in [-0.2, -0.15) is 0 Å². The fourth-order valence-electron chi connectivity index (χ4n) is 5.62. The van der Waals surface area contributed by atoms with E-state index in [1.54, 1.807) is 6.07 Å². The maximum Gasteiger partial charge on any atom is 0.252 e. The Hall–Kier alpha value is -2.83. The Morgan fingerprint density at radius 3 is 2.41 bits per heavy atom. The van der Waals surface area contributed by atoms with E-state index in [9.17, 15) is 4.79 Å². The van der Waals surface area contributed by atoms with Gasteiger partial charge in [-0.15, -0.1) is 0 Å². The van der Waals surface area contributed by atoms with Gasteiger partial charge in [0.2, 0.25) is 0 Å². The molecule has 1 saturated carbocycles. The van der Waals surface area contributed by atoms with Crippen molar-refractivity contribution >= 4 is 23.2 Å². The Morgan fingerprint density at radius 1 is 1.08 bits per heavy atom. The molecule has 1 aliphatic rings. The second kappa shape index (κ2) is 12.1. The average molecular weight is 522 g/mol. The van der Waals surface area contributed by atoms with Gasteiger partial charge in [0.15, 0.2) is 0 Å². The summed E-state index contributed by atoms with van der Waals surface area (Å²) in [6.07, 6.45) is 6.70. The first-order chi connectivity index (χ1) is 17.8. The van der Waals surface area contributed by atoms with E-state index in [1.165, 1.54) is 18.4 Å². The minimum Gasteiger partial charge on any atom is -0.369 e. The zero-order valence-corrected chi connectivity index (χ0v) is 23.6. The minimum absolute atomic E-state index is 0.125. The van der Waals surface area contributed by atoms with Crippen molar-refractivity contribution in [1.82, 2.24) is 19.8 Å². The van der Waals surface area contributed by atoms with Crippen molar-refractivity contribution in [3.8, 4) is 0 Å². The van der Waals surface area contributed by atoms with E-state index in [2.05, 4.69) is 57.8 Å². The quantitative estimate of drug-likeness (QED) is 0.385. The lowest BCUT2D eigenvalue weighted by Crippen LogP contribution is -2.42. The van der Waals surface area contributed by atoms with Crippen LogP contribution in [0.3, 0.4) is 0 Å². The Labute approximate surface area is 226 Å². The third-order valence-corrected chi connectivity index (χ3v) is 7.88. The number of carbonyl (C=O) groups excluding carboxylic acids is 1. The Bertz CT molecular complexity index is 1200. The Kier molecular flexibility index (Phi) is 8.93. The summed E-state index contributed by atoms with van der Waals surface area (Å²) in [5.41, 5.74) is 4.80. The molecule has 3 aromatic rings. The summed E-state index contributed by atoms with van der Waals surface area (Å²) in [5.74, 6) is 0.711. The van der Waals surface area contributed by atoms with Crippen molar-refractivity contribution in [2.45, 2.75) is 71.6 Å². The number of nitrogens with one attached hydrogen (secondary N) is 1. The van der Waals surface area contributed by atoms with Crippen LogP contribution in [0.15, 0.2) is 48.7 Å². The number of carbonyl (C=O) groups is 1. The molecule has 1 N–H and O–H groups in total. The molecule has 0 spiro atoms. The predicted molar refractivity (Wildman–Crippen MR) is 153 cm³/mol. The molecule has 7 heteroatoms. The number of halogens is 1. The molecular weight excluding hydrogens is 482 g/mol. The fourth-order valence-corrected chi connectivity index (χ4v) is 5.83. The zero-order chi connectivity index (χ0) is 26.5. The van der Waals surface area contributed by atoms with Crippen LogP contribution in [-0.2, 0) is 13.1 Å². The van der Waals surface area contributed by atoms with Gasteiger partial charge in [-0.1, -0.05) is 41.9 Å². The minimum atomic E-state index is -0.125. The van der Waals surface area contributed by atoms with Gasteiger partial charge in [0, 0.05) is 47.6 Å². The molecule has 0 unspecified atom stereocenters. The highest BCUT2D eigenvalue weighted by molar-refractivity contribution is 6.31. The fraction of sp³-hybridized carbons (Fsp3) is 0.467. The number of nitrogens with zero attached hydrogens (tertiary/aromatic N) is 4. The molecular formula is C30H40ClN5O. The molecule has 4 rings (SSSR count). The smallest absolute Gasteiger partial charge is 0.252 e. The van der Waals surface area contributed by atoms with Crippen LogP contribution >= 0.6 is 11.6 Å². The van der Waals surface area contributed by atoms with Crippen molar-refractivity contribution in [1.29, 1.82) is 0 Å². The van der Waals surface area contributed by atoms with Gasteiger partial charge in [0.25, 0.3) is 5.91 Å². The van der Waals surface area contributed by atoms with Crippen LogP contribution < -0.4 is 10.2 Å². The third kappa shape index (κ3) is 6.55. The molecule has 6 nitrogen and oxygen atoms in total. The van der Waals surface area contributed by atoms with Gasteiger partial charge >= 0.3 is 0 Å². The third-order valence-electron chi connectivity index (χ3n) is 7.66. The van der Waals surface area contributed by atoms with Crippen LogP contribution in [0.2, 0.25) is 5.02 Å². The first kappa shape index (κ1) is 27.2. The van der Waals surface area contributed by atoms with E-state index in [-0.39, 0.29) is 5.91 Å². The molecule has 0 bridgehead atoms. The van der Waals surface area contributed by atoms with E-state index in [4.69, 9.17) is 11.6 Å². The largest absolute Gasteiger partial charge is 0.369 e. The number of amides is 1. The number of hydrogen-bond donors (Lipinski definition) is 1. The summed E-state index contributed by atoms with van der Waals surface area (Å²) in [6, 6.07) is 15.2. The standard InChI is InChI=1S/C30H40ClN5O/c1-6-36(26-14-12-25(13-15-26)34(4)5)28-17-24(31)16-27(22(28)3)30(37)32-18-29-33-21(2)19-35(29)20-23-10-8-7-9-11-23/h7-11,16-17,19,25-26H,6,12-15,18,20H2,1-5H3,(H,32,37)/t25-,26-. The highest BCUT2D eigenvalue weighted by atomic mass is 35.5. The topological polar surface area (TPSA) is 53.4 Å². The zero-order valence-electron chi connectivity index (χ0n) is 22.8. The normalized spacial score (nSPS) is 17.7. The number of aryl methyl sites for hydroxylation is 1. The van der Waals surface area contributed by atoms with Crippen LogP contribution in [0.1, 0.15) is 65.6 Å². The second-order valence-corrected chi connectivity index (χ2v) is 10.8. The molecule has 0 saturated heterocycles. The van der Waals surface area contributed by atoms with E-state index >= 15 is 0 Å². The lowest BCUT2D eigenvalue weighted by atomic mass is 9.89.